The average molecular weight is 404 g/mol. The standard InChI is InChI=1S/C20H19F3N4O2/c1-11(17-8-26-18(9-25-17)29-10-20(21,22)23)27-19(28)15-7-14(15)13-3-2-12-4-5-24-16(12)6-13/h2-6,8-9,11,14-15,24H,7,10H2,1H3,(H,27,28)/t11-,14?,15?/m1/s1. The van der Waals surface area contributed by atoms with Gasteiger partial charge in [-0.25, -0.2) is 4.98 Å². The number of carbonyl (C=O) groups excluding carboxylic acids is 1. The van der Waals surface area contributed by atoms with Crippen LogP contribution in [0.4, 0.5) is 13.2 Å². The number of rotatable bonds is 6. The van der Waals surface area contributed by atoms with Crippen LogP contribution in [0.1, 0.15) is 36.6 Å². The molecule has 9 heteroatoms. The van der Waals surface area contributed by atoms with Gasteiger partial charge in [0.05, 0.1) is 24.1 Å². The molecule has 2 N–H and O–H groups in total. The lowest BCUT2D eigenvalue weighted by molar-refractivity contribution is -0.154. The van der Waals surface area contributed by atoms with Crippen LogP contribution in [0, 0.1) is 5.92 Å². The number of halogens is 3. The summed E-state index contributed by atoms with van der Waals surface area (Å²) in [6.45, 7) is 0.325. The molecule has 4 rings (SSSR count). The lowest BCUT2D eigenvalue weighted by Crippen LogP contribution is -2.29. The number of ether oxygens (including phenoxy) is 1. The molecule has 3 atom stereocenters. The molecule has 0 saturated heterocycles. The largest absolute Gasteiger partial charge is 0.467 e. The number of hydrogen-bond acceptors (Lipinski definition) is 4. The summed E-state index contributed by atoms with van der Waals surface area (Å²) >= 11 is 0. The topological polar surface area (TPSA) is 79.9 Å². The zero-order chi connectivity index (χ0) is 20.6. The molecule has 3 aromatic rings. The number of nitrogens with zero attached hydrogens (tertiary/aromatic N) is 2. The van der Waals surface area contributed by atoms with Crippen LogP contribution >= 0.6 is 0 Å². The number of benzene rings is 1. The fourth-order valence-electron chi connectivity index (χ4n) is 3.32. The molecule has 1 aromatic carbocycles. The Morgan fingerprint density at radius 1 is 1.31 bits per heavy atom. The number of aromatic amines is 1. The van der Waals surface area contributed by atoms with Crippen LogP contribution < -0.4 is 10.1 Å². The third-order valence-corrected chi connectivity index (χ3v) is 4.97. The average Bonchev–Trinajstić information content (AvgIpc) is 3.36. The molecule has 0 spiro atoms. The van der Waals surface area contributed by atoms with Crippen LogP contribution in [0.2, 0.25) is 0 Å². The molecule has 1 aliphatic rings. The molecule has 0 bridgehead atoms. The predicted molar refractivity (Wildman–Crippen MR) is 99.3 cm³/mol. The van der Waals surface area contributed by atoms with Crippen LogP contribution in [0.15, 0.2) is 42.9 Å². The second-order valence-corrected chi connectivity index (χ2v) is 7.19. The van der Waals surface area contributed by atoms with Gasteiger partial charge in [0.1, 0.15) is 0 Å². The first-order chi connectivity index (χ1) is 13.8. The Morgan fingerprint density at radius 2 is 2.14 bits per heavy atom. The quantitative estimate of drug-likeness (QED) is 0.654. The Kier molecular flexibility index (Phi) is 4.89. The van der Waals surface area contributed by atoms with E-state index in [0.29, 0.717) is 5.69 Å². The van der Waals surface area contributed by atoms with Gasteiger partial charge in [-0.3, -0.25) is 9.78 Å². The van der Waals surface area contributed by atoms with E-state index in [9.17, 15) is 18.0 Å². The Hall–Kier alpha value is -3.10. The molecule has 152 valence electrons. The maximum absolute atomic E-state index is 12.5. The highest BCUT2D eigenvalue weighted by Crippen LogP contribution is 2.48. The second-order valence-electron chi connectivity index (χ2n) is 7.19. The smallest absolute Gasteiger partial charge is 0.422 e. The van der Waals surface area contributed by atoms with Crippen molar-refractivity contribution in [3.05, 3.63) is 54.1 Å². The molecular formula is C20H19F3N4O2. The molecule has 2 aromatic heterocycles. The summed E-state index contributed by atoms with van der Waals surface area (Å²) in [6.07, 6.45) is 0.650. The van der Waals surface area contributed by atoms with Crippen LogP contribution in [-0.4, -0.2) is 33.6 Å². The van der Waals surface area contributed by atoms with E-state index < -0.39 is 18.8 Å². The van der Waals surface area contributed by atoms with E-state index in [1.54, 1.807) is 6.92 Å². The van der Waals surface area contributed by atoms with Crippen LogP contribution in [0.5, 0.6) is 5.88 Å². The fraction of sp³-hybridized carbons (Fsp3) is 0.350. The minimum atomic E-state index is -4.44. The molecule has 0 radical (unpaired) electrons. The molecule has 1 aliphatic carbocycles. The van der Waals surface area contributed by atoms with E-state index >= 15 is 0 Å². The maximum atomic E-state index is 12.5. The second kappa shape index (κ2) is 7.38. The number of carbonyl (C=O) groups is 1. The van der Waals surface area contributed by atoms with Crippen molar-refractivity contribution in [1.29, 1.82) is 0 Å². The van der Waals surface area contributed by atoms with Crippen molar-refractivity contribution in [3.63, 3.8) is 0 Å². The third kappa shape index (κ3) is 4.49. The van der Waals surface area contributed by atoms with Crippen molar-refractivity contribution in [2.24, 2.45) is 5.92 Å². The SMILES string of the molecule is C[C@@H](NC(=O)C1CC1c1ccc2cc[nH]c2c1)c1cnc(OCC(F)(F)F)cn1. The zero-order valence-corrected chi connectivity index (χ0v) is 15.5. The Balaban J connectivity index is 1.32. The van der Waals surface area contributed by atoms with Crippen LogP contribution in [-0.2, 0) is 4.79 Å². The van der Waals surface area contributed by atoms with Crippen molar-refractivity contribution in [2.45, 2.75) is 31.5 Å². The molecule has 1 fully saturated rings. The van der Waals surface area contributed by atoms with E-state index in [0.717, 1.165) is 29.1 Å². The van der Waals surface area contributed by atoms with E-state index in [1.165, 1.54) is 6.20 Å². The van der Waals surface area contributed by atoms with Crippen molar-refractivity contribution in [1.82, 2.24) is 20.3 Å². The number of amides is 1. The van der Waals surface area contributed by atoms with Gasteiger partial charge in [0, 0.05) is 17.6 Å². The van der Waals surface area contributed by atoms with E-state index in [2.05, 4.69) is 31.1 Å². The van der Waals surface area contributed by atoms with Crippen molar-refractivity contribution < 1.29 is 22.7 Å². The number of alkyl halides is 3. The van der Waals surface area contributed by atoms with Crippen LogP contribution in [0.25, 0.3) is 10.9 Å². The fourth-order valence-corrected chi connectivity index (χ4v) is 3.32. The van der Waals surface area contributed by atoms with Crippen molar-refractivity contribution >= 4 is 16.8 Å². The molecule has 2 heterocycles. The summed E-state index contributed by atoms with van der Waals surface area (Å²) in [4.78, 5) is 23.6. The summed E-state index contributed by atoms with van der Waals surface area (Å²) in [5.74, 6) is -0.216. The monoisotopic (exact) mass is 404 g/mol. The van der Waals surface area contributed by atoms with Crippen molar-refractivity contribution in [2.75, 3.05) is 6.61 Å². The van der Waals surface area contributed by atoms with E-state index in [-0.39, 0.29) is 23.6 Å². The number of fused-ring (bicyclic) bond motifs is 1. The lowest BCUT2D eigenvalue weighted by Gasteiger charge is -2.14. The van der Waals surface area contributed by atoms with Gasteiger partial charge in [-0.1, -0.05) is 12.1 Å². The first-order valence-corrected chi connectivity index (χ1v) is 9.19. The maximum Gasteiger partial charge on any atom is 0.422 e. The molecule has 0 aliphatic heterocycles. The molecular weight excluding hydrogens is 385 g/mol. The van der Waals surface area contributed by atoms with Gasteiger partial charge in [-0.15, -0.1) is 0 Å². The van der Waals surface area contributed by atoms with Gasteiger partial charge in [-0.05, 0) is 42.3 Å². The predicted octanol–water partition coefficient (Wildman–Crippen LogP) is 3.88. The normalized spacial score (nSPS) is 19.7. The highest BCUT2D eigenvalue weighted by molar-refractivity contribution is 5.84. The minimum Gasteiger partial charge on any atom is -0.467 e. The summed E-state index contributed by atoms with van der Waals surface area (Å²) in [6, 6.07) is 7.73. The first-order valence-electron chi connectivity index (χ1n) is 9.19. The number of hydrogen-bond donors (Lipinski definition) is 2. The molecule has 2 unspecified atom stereocenters. The summed E-state index contributed by atoms with van der Waals surface area (Å²) in [7, 11) is 0. The molecule has 1 amide bonds. The summed E-state index contributed by atoms with van der Waals surface area (Å²) in [5.41, 5.74) is 2.62. The Bertz CT molecular complexity index is 1020. The molecule has 6 nitrogen and oxygen atoms in total. The molecule has 29 heavy (non-hydrogen) atoms. The van der Waals surface area contributed by atoms with E-state index in [1.807, 2.05) is 24.4 Å². The highest BCUT2D eigenvalue weighted by atomic mass is 19.4. The summed E-state index contributed by atoms with van der Waals surface area (Å²) < 4.78 is 41.0. The van der Waals surface area contributed by atoms with Gasteiger partial charge < -0.3 is 15.0 Å². The summed E-state index contributed by atoms with van der Waals surface area (Å²) in [5, 5.41) is 4.03. The van der Waals surface area contributed by atoms with Gasteiger partial charge in [0.15, 0.2) is 6.61 Å². The van der Waals surface area contributed by atoms with Gasteiger partial charge in [-0.2, -0.15) is 13.2 Å². The minimum absolute atomic E-state index is 0.0757. The zero-order valence-electron chi connectivity index (χ0n) is 15.5. The first kappa shape index (κ1) is 19.2. The Morgan fingerprint density at radius 3 is 2.86 bits per heavy atom. The van der Waals surface area contributed by atoms with Gasteiger partial charge in [0.2, 0.25) is 11.8 Å². The van der Waals surface area contributed by atoms with Crippen molar-refractivity contribution in [3.8, 4) is 5.88 Å². The van der Waals surface area contributed by atoms with Crippen LogP contribution in [0.3, 0.4) is 0 Å². The van der Waals surface area contributed by atoms with Gasteiger partial charge in [0.25, 0.3) is 0 Å². The third-order valence-electron chi connectivity index (χ3n) is 4.97. The highest BCUT2D eigenvalue weighted by Gasteiger charge is 2.44. The Labute approximate surface area is 164 Å². The molecule has 1 saturated carbocycles. The number of H-pyrrole nitrogens is 1. The number of nitrogens with one attached hydrogen (secondary N) is 2. The van der Waals surface area contributed by atoms with Gasteiger partial charge >= 0.3 is 6.18 Å². The lowest BCUT2D eigenvalue weighted by atomic mass is 10.1. The van der Waals surface area contributed by atoms with E-state index in [4.69, 9.17) is 0 Å². The number of aromatic nitrogens is 3.